The van der Waals surface area contributed by atoms with Crippen molar-refractivity contribution in [2.75, 3.05) is 33.4 Å². The third-order valence-corrected chi connectivity index (χ3v) is 5.72. The normalized spacial score (nSPS) is 26.9. The predicted molar refractivity (Wildman–Crippen MR) is 87.0 cm³/mol. The summed E-state index contributed by atoms with van der Waals surface area (Å²) < 4.78 is 5.22. The highest BCUT2D eigenvalue weighted by Crippen LogP contribution is 2.39. The van der Waals surface area contributed by atoms with Crippen LogP contribution in [0.15, 0.2) is 5.38 Å². The maximum atomic E-state index is 5.22. The summed E-state index contributed by atoms with van der Waals surface area (Å²) in [4.78, 5) is 7.59. The van der Waals surface area contributed by atoms with Crippen LogP contribution in [-0.4, -0.2) is 49.3 Å². The van der Waals surface area contributed by atoms with Gasteiger partial charge in [-0.1, -0.05) is 13.8 Å². The summed E-state index contributed by atoms with van der Waals surface area (Å²) in [5, 5.41) is 7.26. The number of hydrogen-bond donors (Lipinski definition) is 1. The first-order valence-corrected chi connectivity index (χ1v) is 8.96. The SMILES string of the molecule is COCCNC1(c2nc(C(C)C)cs2)CCN(C2CC2)C1. The van der Waals surface area contributed by atoms with E-state index in [-0.39, 0.29) is 5.54 Å². The minimum Gasteiger partial charge on any atom is -0.383 e. The Morgan fingerprint density at radius 1 is 1.52 bits per heavy atom. The van der Waals surface area contributed by atoms with Crippen LogP contribution >= 0.6 is 11.3 Å². The molecule has 0 spiro atoms. The summed E-state index contributed by atoms with van der Waals surface area (Å²) in [7, 11) is 1.76. The molecule has 5 heteroatoms. The van der Waals surface area contributed by atoms with Crippen LogP contribution in [0.2, 0.25) is 0 Å². The molecule has 1 aromatic heterocycles. The first-order chi connectivity index (χ1) is 10.1. The zero-order valence-corrected chi connectivity index (χ0v) is 14.2. The van der Waals surface area contributed by atoms with E-state index in [4.69, 9.17) is 9.72 Å². The molecule has 1 N–H and O–H groups in total. The molecule has 1 unspecified atom stereocenters. The lowest BCUT2D eigenvalue weighted by molar-refractivity contribution is 0.181. The van der Waals surface area contributed by atoms with Gasteiger partial charge in [-0.3, -0.25) is 4.90 Å². The zero-order chi connectivity index (χ0) is 14.9. The van der Waals surface area contributed by atoms with Crippen molar-refractivity contribution in [1.29, 1.82) is 0 Å². The summed E-state index contributed by atoms with van der Waals surface area (Å²) in [6, 6.07) is 0.834. The molecule has 0 amide bonds. The second kappa shape index (κ2) is 6.32. The van der Waals surface area contributed by atoms with Gasteiger partial charge in [0.1, 0.15) is 5.01 Å². The summed E-state index contributed by atoms with van der Waals surface area (Å²) in [5.41, 5.74) is 1.27. The Labute approximate surface area is 131 Å². The second-order valence-corrected chi connectivity index (χ2v) is 7.54. The van der Waals surface area contributed by atoms with Crippen LogP contribution in [0.3, 0.4) is 0 Å². The van der Waals surface area contributed by atoms with Crippen LogP contribution in [0.25, 0.3) is 0 Å². The van der Waals surface area contributed by atoms with Gasteiger partial charge in [0.15, 0.2) is 0 Å². The van der Waals surface area contributed by atoms with Crippen LogP contribution in [0, 0.1) is 0 Å². The molecule has 118 valence electrons. The van der Waals surface area contributed by atoms with Crippen LogP contribution in [0.1, 0.15) is 49.7 Å². The van der Waals surface area contributed by atoms with E-state index in [1.54, 1.807) is 7.11 Å². The molecule has 3 rings (SSSR count). The fourth-order valence-electron chi connectivity index (χ4n) is 3.15. The topological polar surface area (TPSA) is 37.4 Å². The lowest BCUT2D eigenvalue weighted by Crippen LogP contribution is -2.46. The smallest absolute Gasteiger partial charge is 0.114 e. The highest BCUT2D eigenvalue weighted by molar-refractivity contribution is 7.09. The van der Waals surface area contributed by atoms with E-state index in [0.717, 1.165) is 32.2 Å². The molecule has 0 aromatic carbocycles. The van der Waals surface area contributed by atoms with Gasteiger partial charge in [-0.05, 0) is 25.2 Å². The van der Waals surface area contributed by atoms with Gasteiger partial charge in [-0.25, -0.2) is 4.98 Å². The van der Waals surface area contributed by atoms with E-state index in [2.05, 4.69) is 29.4 Å². The number of hydrogen-bond acceptors (Lipinski definition) is 5. The number of ether oxygens (including phenoxy) is 1. The van der Waals surface area contributed by atoms with Crippen molar-refractivity contribution in [3.05, 3.63) is 16.1 Å². The first kappa shape index (κ1) is 15.4. The minimum atomic E-state index is 0.0406. The first-order valence-electron chi connectivity index (χ1n) is 8.08. The molecular formula is C16H27N3OS. The van der Waals surface area contributed by atoms with Crippen LogP contribution in [-0.2, 0) is 10.3 Å². The van der Waals surface area contributed by atoms with Crippen molar-refractivity contribution in [3.8, 4) is 0 Å². The van der Waals surface area contributed by atoms with E-state index >= 15 is 0 Å². The molecule has 2 heterocycles. The fraction of sp³-hybridized carbons (Fsp3) is 0.812. The highest BCUT2D eigenvalue weighted by atomic mass is 32.1. The van der Waals surface area contributed by atoms with Gasteiger partial charge in [0.05, 0.1) is 17.8 Å². The molecule has 2 aliphatic rings. The van der Waals surface area contributed by atoms with Gasteiger partial charge < -0.3 is 10.1 Å². The summed E-state index contributed by atoms with van der Waals surface area (Å²) >= 11 is 1.83. The lowest BCUT2D eigenvalue weighted by atomic mass is 9.99. The van der Waals surface area contributed by atoms with Crippen molar-refractivity contribution in [2.45, 2.75) is 50.6 Å². The van der Waals surface area contributed by atoms with E-state index in [9.17, 15) is 0 Å². The van der Waals surface area contributed by atoms with Crippen LogP contribution in [0.5, 0.6) is 0 Å². The molecule has 2 fully saturated rings. The Balaban J connectivity index is 1.77. The average Bonchev–Trinajstić information content (AvgIpc) is 3.03. The Bertz CT molecular complexity index is 472. The van der Waals surface area contributed by atoms with E-state index in [1.165, 1.54) is 30.1 Å². The number of thiazole rings is 1. The summed E-state index contributed by atoms with van der Waals surface area (Å²) in [5.74, 6) is 0.506. The monoisotopic (exact) mass is 309 g/mol. The average molecular weight is 309 g/mol. The minimum absolute atomic E-state index is 0.0406. The molecular weight excluding hydrogens is 282 g/mol. The van der Waals surface area contributed by atoms with Crippen LogP contribution in [0.4, 0.5) is 0 Å². The predicted octanol–water partition coefficient (Wildman–Crippen LogP) is 2.57. The third kappa shape index (κ3) is 3.31. The maximum Gasteiger partial charge on any atom is 0.114 e. The number of likely N-dealkylation sites (tertiary alicyclic amines) is 1. The molecule has 1 atom stereocenters. The van der Waals surface area contributed by atoms with Crippen molar-refractivity contribution >= 4 is 11.3 Å². The van der Waals surface area contributed by atoms with Gasteiger partial charge >= 0.3 is 0 Å². The van der Waals surface area contributed by atoms with Gasteiger partial charge in [-0.2, -0.15) is 0 Å². The van der Waals surface area contributed by atoms with Crippen molar-refractivity contribution in [1.82, 2.24) is 15.2 Å². The third-order valence-electron chi connectivity index (χ3n) is 4.65. The molecule has 0 radical (unpaired) electrons. The van der Waals surface area contributed by atoms with E-state index in [0.29, 0.717) is 5.92 Å². The van der Waals surface area contributed by atoms with Crippen LogP contribution < -0.4 is 5.32 Å². The number of rotatable bonds is 7. The fourth-order valence-corrected chi connectivity index (χ4v) is 4.33. The molecule has 21 heavy (non-hydrogen) atoms. The zero-order valence-electron chi connectivity index (χ0n) is 13.4. The second-order valence-electron chi connectivity index (χ2n) is 6.69. The molecule has 1 aliphatic carbocycles. The Hall–Kier alpha value is -0.490. The highest BCUT2D eigenvalue weighted by Gasteiger charge is 2.45. The number of methoxy groups -OCH3 is 1. The van der Waals surface area contributed by atoms with E-state index < -0.39 is 0 Å². The standard InChI is InChI=1S/C16H27N3OS/c1-12(2)14-10-21-15(18-14)16(17-7-9-20-3)6-8-19(11-16)13-4-5-13/h10,12-13,17H,4-9,11H2,1-3H3. The largest absolute Gasteiger partial charge is 0.383 e. The molecule has 1 aromatic rings. The van der Waals surface area contributed by atoms with Crippen molar-refractivity contribution < 1.29 is 4.74 Å². The van der Waals surface area contributed by atoms with Gasteiger partial charge in [0.25, 0.3) is 0 Å². The Morgan fingerprint density at radius 2 is 2.33 bits per heavy atom. The van der Waals surface area contributed by atoms with Crippen molar-refractivity contribution in [2.24, 2.45) is 0 Å². The number of aromatic nitrogens is 1. The Morgan fingerprint density at radius 3 is 2.95 bits per heavy atom. The molecule has 1 aliphatic heterocycles. The summed E-state index contributed by atoms with van der Waals surface area (Å²) in [6.45, 7) is 8.39. The van der Waals surface area contributed by atoms with Crippen molar-refractivity contribution in [3.63, 3.8) is 0 Å². The number of nitrogens with zero attached hydrogens (tertiary/aromatic N) is 2. The van der Waals surface area contributed by atoms with Gasteiger partial charge in [0.2, 0.25) is 0 Å². The molecule has 0 bridgehead atoms. The molecule has 4 nitrogen and oxygen atoms in total. The Kier molecular flexibility index (Phi) is 4.64. The van der Waals surface area contributed by atoms with Gasteiger partial charge in [-0.15, -0.1) is 11.3 Å². The lowest BCUT2D eigenvalue weighted by Gasteiger charge is -2.29. The molecule has 1 saturated carbocycles. The number of nitrogens with one attached hydrogen (secondary N) is 1. The quantitative estimate of drug-likeness (QED) is 0.786. The summed E-state index contributed by atoms with van der Waals surface area (Å²) in [6.07, 6.45) is 3.92. The maximum absolute atomic E-state index is 5.22. The van der Waals surface area contributed by atoms with E-state index in [1.807, 2.05) is 11.3 Å². The van der Waals surface area contributed by atoms with Gasteiger partial charge in [0, 0.05) is 38.2 Å². The molecule has 1 saturated heterocycles.